The van der Waals surface area contributed by atoms with E-state index in [9.17, 15) is 9.59 Å². The van der Waals surface area contributed by atoms with Crippen LogP contribution in [0.15, 0.2) is 47.5 Å². The number of carbonyl (C=O) groups is 2. The molecule has 0 radical (unpaired) electrons. The van der Waals surface area contributed by atoms with Crippen LogP contribution in [0.3, 0.4) is 0 Å². The highest BCUT2D eigenvalue weighted by atomic mass is 32.1. The number of likely N-dealkylation sites (tertiary alicyclic amines) is 1. The number of imide groups is 1. The molecule has 6 heteroatoms. The van der Waals surface area contributed by atoms with Crippen molar-refractivity contribution < 1.29 is 14.3 Å². The Morgan fingerprint density at radius 1 is 1.14 bits per heavy atom. The van der Waals surface area contributed by atoms with Gasteiger partial charge in [0.15, 0.2) is 0 Å². The number of hydrogen-bond acceptors (Lipinski definition) is 5. The number of rotatable bonds is 5. The Morgan fingerprint density at radius 2 is 1.93 bits per heavy atom. The van der Waals surface area contributed by atoms with Crippen LogP contribution in [-0.2, 0) is 16.1 Å². The summed E-state index contributed by atoms with van der Waals surface area (Å²) in [5.41, 5.74) is 2.04. The molecule has 28 heavy (non-hydrogen) atoms. The summed E-state index contributed by atoms with van der Waals surface area (Å²) in [5, 5.41) is 1.95. The van der Waals surface area contributed by atoms with E-state index in [1.165, 1.54) is 16.2 Å². The Hall–Kier alpha value is -2.60. The fraction of sp³-hybridized carbons (Fsp3) is 0.364. The summed E-state index contributed by atoms with van der Waals surface area (Å²) in [6.07, 6.45) is 2.21. The number of amides is 2. The largest absolute Gasteiger partial charge is 0.497 e. The van der Waals surface area contributed by atoms with E-state index < -0.39 is 0 Å². The van der Waals surface area contributed by atoms with Crippen LogP contribution in [0.25, 0.3) is 5.57 Å². The van der Waals surface area contributed by atoms with Crippen LogP contribution in [0.5, 0.6) is 5.75 Å². The van der Waals surface area contributed by atoms with Gasteiger partial charge < -0.3 is 9.64 Å². The molecule has 0 bridgehead atoms. The van der Waals surface area contributed by atoms with E-state index >= 15 is 0 Å². The Balaban J connectivity index is 1.66. The predicted octanol–water partition coefficient (Wildman–Crippen LogP) is 3.77. The number of thiophene rings is 1. The minimum atomic E-state index is -0.198. The van der Waals surface area contributed by atoms with Crippen molar-refractivity contribution in [2.75, 3.05) is 20.2 Å². The first-order chi connectivity index (χ1) is 13.6. The number of ether oxygens (including phenoxy) is 1. The van der Waals surface area contributed by atoms with Gasteiger partial charge in [-0.25, -0.2) is 0 Å². The number of carbonyl (C=O) groups excluding carboxylic acids is 2. The van der Waals surface area contributed by atoms with Crippen LogP contribution in [-0.4, -0.2) is 41.8 Å². The third-order valence-electron chi connectivity index (χ3n) is 5.38. The van der Waals surface area contributed by atoms with Gasteiger partial charge in [0.2, 0.25) is 0 Å². The standard InChI is InChI=1S/C22H24N2O3S/c1-15-5-3-11-23(13-15)20-19(18-6-4-12-28-18)21(25)24(22(20)26)14-16-7-9-17(27-2)10-8-16/h4,6-10,12,15H,3,5,11,13-14H2,1-2H3. The molecule has 1 atom stereocenters. The van der Waals surface area contributed by atoms with Gasteiger partial charge in [0.05, 0.1) is 19.2 Å². The molecule has 4 rings (SSSR count). The highest BCUT2D eigenvalue weighted by Crippen LogP contribution is 2.36. The van der Waals surface area contributed by atoms with Crippen LogP contribution in [0.4, 0.5) is 0 Å². The van der Waals surface area contributed by atoms with Crippen molar-refractivity contribution in [1.29, 1.82) is 0 Å². The zero-order valence-electron chi connectivity index (χ0n) is 16.2. The van der Waals surface area contributed by atoms with Crippen LogP contribution >= 0.6 is 11.3 Å². The van der Waals surface area contributed by atoms with Gasteiger partial charge in [-0.3, -0.25) is 14.5 Å². The zero-order chi connectivity index (χ0) is 19.7. The molecule has 0 saturated carbocycles. The average molecular weight is 397 g/mol. The van der Waals surface area contributed by atoms with Crippen LogP contribution in [0.1, 0.15) is 30.2 Å². The molecule has 0 spiro atoms. The van der Waals surface area contributed by atoms with Gasteiger partial charge in [0, 0.05) is 18.0 Å². The van der Waals surface area contributed by atoms with Crippen LogP contribution in [0.2, 0.25) is 0 Å². The number of methoxy groups -OCH3 is 1. The first-order valence-electron chi connectivity index (χ1n) is 9.60. The molecule has 3 heterocycles. The summed E-state index contributed by atoms with van der Waals surface area (Å²) >= 11 is 1.51. The first kappa shape index (κ1) is 18.7. The monoisotopic (exact) mass is 396 g/mol. The summed E-state index contributed by atoms with van der Waals surface area (Å²) in [6.45, 7) is 4.11. The maximum atomic E-state index is 13.3. The fourth-order valence-electron chi connectivity index (χ4n) is 3.95. The summed E-state index contributed by atoms with van der Waals surface area (Å²) in [4.78, 5) is 31.0. The second-order valence-corrected chi connectivity index (χ2v) is 8.39. The third-order valence-corrected chi connectivity index (χ3v) is 6.27. The van der Waals surface area contributed by atoms with Crippen molar-refractivity contribution in [2.24, 2.45) is 5.92 Å². The Kier molecular flexibility index (Phi) is 5.22. The lowest BCUT2D eigenvalue weighted by Crippen LogP contribution is -2.39. The smallest absolute Gasteiger partial charge is 0.278 e. The molecule has 1 unspecified atom stereocenters. The average Bonchev–Trinajstić information content (AvgIpc) is 3.31. The van der Waals surface area contributed by atoms with Crippen LogP contribution in [0, 0.1) is 5.92 Å². The normalized spacial score (nSPS) is 20.3. The lowest BCUT2D eigenvalue weighted by Gasteiger charge is -2.33. The van der Waals surface area contributed by atoms with Gasteiger partial charge in [-0.15, -0.1) is 11.3 Å². The summed E-state index contributed by atoms with van der Waals surface area (Å²) in [5.74, 6) is 0.891. The number of hydrogen-bond donors (Lipinski definition) is 0. The minimum Gasteiger partial charge on any atom is -0.497 e. The second-order valence-electron chi connectivity index (χ2n) is 7.44. The Labute approximate surface area is 169 Å². The van der Waals surface area contributed by atoms with E-state index in [2.05, 4.69) is 11.8 Å². The highest BCUT2D eigenvalue weighted by Gasteiger charge is 2.42. The van der Waals surface area contributed by atoms with Gasteiger partial charge in [0.1, 0.15) is 11.4 Å². The first-order valence-corrected chi connectivity index (χ1v) is 10.5. The predicted molar refractivity (Wildman–Crippen MR) is 110 cm³/mol. The van der Waals surface area contributed by atoms with Crippen molar-refractivity contribution in [3.63, 3.8) is 0 Å². The molecule has 1 aromatic heterocycles. The summed E-state index contributed by atoms with van der Waals surface area (Å²) in [6, 6.07) is 11.3. The van der Waals surface area contributed by atoms with Crippen molar-refractivity contribution in [1.82, 2.24) is 9.80 Å². The van der Waals surface area contributed by atoms with E-state index in [0.29, 0.717) is 17.2 Å². The van der Waals surface area contributed by atoms with E-state index in [4.69, 9.17) is 4.74 Å². The molecular weight excluding hydrogens is 372 g/mol. The molecule has 2 aliphatic rings. The molecule has 146 valence electrons. The molecule has 2 amide bonds. The molecule has 0 aliphatic carbocycles. The molecule has 0 N–H and O–H groups in total. The number of nitrogens with zero attached hydrogens (tertiary/aromatic N) is 2. The summed E-state index contributed by atoms with van der Waals surface area (Å²) in [7, 11) is 1.62. The third kappa shape index (κ3) is 3.44. The van der Waals surface area contributed by atoms with Crippen molar-refractivity contribution in [2.45, 2.75) is 26.3 Å². The number of benzene rings is 1. The quantitative estimate of drug-likeness (QED) is 0.722. The highest BCUT2D eigenvalue weighted by molar-refractivity contribution is 7.11. The van der Waals surface area contributed by atoms with Gasteiger partial charge >= 0.3 is 0 Å². The topological polar surface area (TPSA) is 49.9 Å². The second kappa shape index (κ2) is 7.80. The van der Waals surface area contributed by atoms with E-state index in [0.717, 1.165) is 42.1 Å². The van der Waals surface area contributed by atoms with Gasteiger partial charge in [-0.2, -0.15) is 0 Å². The zero-order valence-corrected chi connectivity index (χ0v) is 17.0. The Morgan fingerprint density at radius 3 is 2.57 bits per heavy atom. The molecule has 2 aliphatic heterocycles. The fourth-order valence-corrected chi connectivity index (χ4v) is 4.71. The van der Waals surface area contributed by atoms with Crippen LogP contribution < -0.4 is 4.74 Å². The van der Waals surface area contributed by atoms with Gasteiger partial charge in [-0.1, -0.05) is 25.1 Å². The van der Waals surface area contributed by atoms with Crippen molar-refractivity contribution in [3.05, 3.63) is 57.9 Å². The summed E-state index contributed by atoms with van der Waals surface area (Å²) < 4.78 is 5.19. The van der Waals surface area contributed by atoms with E-state index in [1.54, 1.807) is 7.11 Å². The van der Waals surface area contributed by atoms with Crippen molar-refractivity contribution in [3.8, 4) is 5.75 Å². The molecule has 1 aromatic carbocycles. The Bertz CT molecular complexity index is 902. The van der Waals surface area contributed by atoms with E-state index in [1.807, 2.05) is 41.8 Å². The van der Waals surface area contributed by atoms with Gasteiger partial charge in [-0.05, 0) is 47.9 Å². The number of piperidine rings is 1. The molecule has 2 aromatic rings. The molecule has 1 saturated heterocycles. The maximum Gasteiger partial charge on any atom is 0.278 e. The lowest BCUT2D eigenvalue weighted by atomic mass is 9.99. The maximum absolute atomic E-state index is 13.3. The van der Waals surface area contributed by atoms with Gasteiger partial charge in [0.25, 0.3) is 11.8 Å². The SMILES string of the molecule is COc1ccc(CN2C(=O)C(c3cccs3)=C(N3CCCC(C)C3)C2=O)cc1. The van der Waals surface area contributed by atoms with E-state index in [-0.39, 0.29) is 18.4 Å². The molecule has 5 nitrogen and oxygen atoms in total. The lowest BCUT2D eigenvalue weighted by molar-refractivity contribution is -0.138. The minimum absolute atomic E-state index is 0.182. The molecule has 1 fully saturated rings. The molecular formula is C22H24N2O3S. The van der Waals surface area contributed by atoms with Crippen molar-refractivity contribution >= 4 is 28.7 Å².